The molecule has 0 aliphatic carbocycles. The predicted octanol–water partition coefficient (Wildman–Crippen LogP) is 4.11. The van der Waals surface area contributed by atoms with Crippen LogP contribution < -0.4 is 16.1 Å². The minimum Gasteiger partial charge on any atom is -0.365 e. The summed E-state index contributed by atoms with van der Waals surface area (Å²) >= 11 is 0. The smallest absolute Gasteiger partial charge is 0.365 e. The van der Waals surface area contributed by atoms with Crippen molar-refractivity contribution in [3.63, 3.8) is 0 Å². The summed E-state index contributed by atoms with van der Waals surface area (Å²) < 4.78 is 68.6. The number of H-pyrrole nitrogens is 1. The lowest BCUT2D eigenvalue weighted by Gasteiger charge is -2.27. The fourth-order valence-corrected chi connectivity index (χ4v) is 3.84. The van der Waals surface area contributed by atoms with E-state index in [1.54, 1.807) is 6.92 Å². The molecule has 2 aromatic rings. The molecule has 32 heavy (non-hydrogen) atoms. The van der Waals surface area contributed by atoms with E-state index in [-0.39, 0.29) is 47.7 Å². The van der Waals surface area contributed by atoms with Crippen LogP contribution in [0.3, 0.4) is 0 Å². The Kier molecular flexibility index (Phi) is 6.05. The van der Waals surface area contributed by atoms with Crippen molar-refractivity contribution in [2.45, 2.75) is 52.1 Å². The lowest BCUT2D eigenvalue weighted by atomic mass is 9.99. The summed E-state index contributed by atoms with van der Waals surface area (Å²) in [6, 6.07) is 1.15. The molecule has 1 amide bonds. The molecule has 0 atom stereocenters. The maximum Gasteiger partial charge on any atom is 0.433 e. The fourth-order valence-electron chi connectivity index (χ4n) is 3.84. The summed E-state index contributed by atoms with van der Waals surface area (Å²) in [6.07, 6.45) is -5.70. The summed E-state index contributed by atoms with van der Waals surface area (Å²) in [5.74, 6) is -4.24. The number of aromatic nitrogens is 2. The van der Waals surface area contributed by atoms with Crippen LogP contribution in [0, 0.1) is 20.8 Å². The number of nitrogens with one attached hydrogen (secondary N) is 1. The van der Waals surface area contributed by atoms with Crippen molar-refractivity contribution in [2.24, 2.45) is 5.73 Å². The number of hydrogen-bond donors (Lipinski definition) is 2. The second-order valence-corrected chi connectivity index (χ2v) is 8.04. The first-order valence-electron chi connectivity index (χ1n) is 9.98. The Bertz CT molecular complexity index is 1120. The number of alkyl halides is 5. The van der Waals surface area contributed by atoms with Gasteiger partial charge in [0.05, 0.1) is 5.69 Å². The van der Waals surface area contributed by atoms with Crippen molar-refractivity contribution >= 4 is 11.7 Å². The van der Waals surface area contributed by atoms with E-state index in [1.807, 2.05) is 0 Å². The van der Waals surface area contributed by atoms with Gasteiger partial charge in [0.25, 0.3) is 5.91 Å². The highest BCUT2D eigenvalue weighted by Crippen LogP contribution is 2.39. The van der Waals surface area contributed by atoms with Gasteiger partial charge in [0.2, 0.25) is 5.92 Å². The third kappa shape index (κ3) is 4.46. The van der Waals surface area contributed by atoms with Crippen molar-refractivity contribution in [3.8, 4) is 11.3 Å². The van der Waals surface area contributed by atoms with Gasteiger partial charge in [-0.2, -0.15) is 13.2 Å². The van der Waals surface area contributed by atoms with Crippen molar-refractivity contribution in [2.75, 3.05) is 18.0 Å². The third-order valence-electron chi connectivity index (χ3n) is 5.69. The van der Waals surface area contributed by atoms with Crippen LogP contribution in [0.4, 0.5) is 27.8 Å². The molecule has 0 saturated carbocycles. The Balaban J connectivity index is 2.33. The molecule has 1 aliphatic rings. The Hall–Kier alpha value is -2.98. The Labute approximate surface area is 180 Å². The molecule has 0 aromatic carbocycles. The molecule has 0 radical (unpaired) electrons. The number of anilines is 1. The Morgan fingerprint density at radius 3 is 2.44 bits per heavy atom. The first-order valence-corrected chi connectivity index (χ1v) is 9.98. The second kappa shape index (κ2) is 8.18. The maximum absolute atomic E-state index is 13.9. The normalized spacial score (nSPS) is 16.7. The van der Waals surface area contributed by atoms with Crippen molar-refractivity contribution in [1.82, 2.24) is 9.97 Å². The number of aromatic amines is 1. The Morgan fingerprint density at radius 1 is 1.19 bits per heavy atom. The van der Waals surface area contributed by atoms with E-state index in [0.29, 0.717) is 5.69 Å². The van der Waals surface area contributed by atoms with Crippen LogP contribution in [0.2, 0.25) is 0 Å². The SMILES string of the molecule is Cc1cc(-c2[nH]c(C)c(C)c(=O)c2C(N)=O)c(N2CCCC(F)(F)CC2)nc1C(F)(F)F. The first kappa shape index (κ1) is 23.7. The number of carbonyl (C=O) groups is 1. The molecule has 0 bridgehead atoms. The number of aryl methyl sites for hydroxylation is 2. The molecule has 3 heterocycles. The number of nitrogens with zero attached hydrogens (tertiary/aromatic N) is 2. The molecule has 1 aliphatic heterocycles. The minimum absolute atomic E-state index is 0.0229. The highest BCUT2D eigenvalue weighted by Gasteiger charge is 2.38. The number of primary amides is 1. The zero-order chi connectivity index (χ0) is 24.0. The van der Waals surface area contributed by atoms with Crippen LogP contribution in [0.5, 0.6) is 0 Å². The quantitative estimate of drug-likeness (QED) is 0.678. The number of carbonyl (C=O) groups excluding carboxylic acids is 1. The number of hydrogen-bond acceptors (Lipinski definition) is 4. The molecule has 3 rings (SSSR count). The largest absolute Gasteiger partial charge is 0.433 e. The van der Waals surface area contributed by atoms with E-state index < -0.39 is 47.5 Å². The standard InChI is InChI=1S/C21H23F5N4O2/c1-10-9-13(15-14(18(27)32)16(31)11(2)12(3)28-15)19(29-17(10)21(24,25)26)30-7-4-5-20(22,23)6-8-30/h9H,4-8H2,1-3H3,(H2,27,32)(H,28,31). The minimum atomic E-state index is -4.78. The van der Waals surface area contributed by atoms with E-state index in [1.165, 1.54) is 18.7 Å². The second-order valence-electron chi connectivity index (χ2n) is 8.04. The van der Waals surface area contributed by atoms with Crippen LogP contribution in [0.25, 0.3) is 11.3 Å². The van der Waals surface area contributed by atoms with Gasteiger partial charge in [0, 0.05) is 42.8 Å². The van der Waals surface area contributed by atoms with Gasteiger partial charge in [-0.05, 0) is 38.8 Å². The predicted molar refractivity (Wildman–Crippen MR) is 109 cm³/mol. The maximum atomic E-state index is 13.9. The van der Waals surface area contributed by atoms with Gasteiger partial charge in [-0.15, -0.1) is 0 Å². The average molecular weight is 458 g/mol. The van der Waals surface area contributed by atoms with Crippen molar-refractivity contribution in [1.29, 1.82) is 0 Å². The van der Waals surface area contributed by atoms with E-state index in [4.69, 9.17) is 5.73 Å². The topological polar surface area (TPSA) is 92.1 Å². The lowest BCUT2D eigenvalue weighted by Crippen LogP contribution is -2.30. The van der Waals surface area contributed by atoms with Crippen LogP contribution >= 0.6 is 0 Å². The summed E-state index contributed by atoms with van der Waals surface area (Å²) in [4.78, 5) is 32.9. The summed E-state index contributed by atoms with van der Waals surface area (Å²) in [5, 5.41) is 0. The third-order valence-corrected chi connectivity index (χ3v) is 5.69. The number of amides is 1. The molecule has 1 fully saturated rings. The molecule has 2 aromatic heterocycles. The van der Waals surface area contributed by atoms with Gasteiger partial charge in [0.15, 0.2) is 5.43 Å². The molecule has 11 heteroatoms. The van der Waals surface area contributed by atoms with Crippen LogP contribution in [-0.2, 0) is 6.18 Å². The van der Waals surface area contributed by atoms with E-state index in [9.17, 15) is 31.5 Å². The monoisotopic (exact) mass is 458 g/mol. The molecule has 6 nitrogen and oxygen atoms in total. The summed E-state index contributed by atoms with van der Waals surface area (Å²) in [5.41, 5.74) is 3.50. The molecular formula is C21H23F5N4O2. The van der Waals surface area contributed by atoms with E-state index in [2.05, 4.69) is 9.97 Å². The number of halogens is 5. The number of pyridine rings is 2. The summed E-state index contributed by atoms with van der Waals surface area (Å²) in [7, 11) is 0. The number of nitrogens with two attached hydrogens (primary N) is 1. The van der Waals surface area contributed by atoms with Gasteiger partial charge in [-0.3, -0.25) is 9.59 Å². The van der Waals surface area contributed by atoms with Gasteiger partial charge < -0.3 is 15.6 Å². The Morgan fingerprint density at radius 2 is 1.84 bits per heavy atom. The van der Waals surface area contributed by atoms with Gasteiger partial charge in [-0.25, -0.2) is 13.8 Å². The lowest BCUT2D eigenvalue weighted by molar-refractivity contribution is -0.141. The molecular weight excluding hydrogens is 435 g/mol. The molecule has 0 unspecified atom stereocenters. The molecule has 3 N–H and O–H groups in total. The molecule has 174 valence electrons. The van der Waals surface area contributed by atoms with Crippen LogP contribution in [-0.4, -0.2) is 34.9 Å². The van der Waals surface area contributed by atoms with Crippen molar-refractivity contribution in [3.05, 3.63) is 44.4 Å². The molecule has 0 spiro atoms. The molecule has 1 saturated heterocycles. The highest BCUT2D eigenvalue weighted by molar-refractivity contribution is 6.00. The van der Waals surface area contributed by atoms with E-state index >= 15 is 0 Å². The van der Waals surface area contributed by atoms with Gasteiger partial charge in [0.1, 0.15) is 17.1 Å². The van der Waals surface area contributed by atoms with Gasteiger partial charge >= 0.3 is 6.18 Å². The zero-order valence-corrected chi connectivity index (χ0v) is 17.8. The van der Waals surface area contributed by atoms with Crippen molar-refractivity contribution < 1.29 is 26.7 Å². The number of rotatable bonds is 3. The van der Waals surface area contributed by atoms with Crippen LogP contribution in [0.1, 0.15) is 52.1 Å². The van der Waals surface area contributed by atoms with Gasteiger partial charge in [-0.1, -0.05) is 0 Å². The van der Waals surface area contributed by atoms with Crippen LogP contribution in [0.15, 0.2) is 10.9 Å². The fraction of sp³-hybridized carbons (Fsp3) is 0.476. The highest BCUT2D eigenvalue weighted by atomic mass is 19.4. The first-order chi connectivity index (χ1) is 14.7. The van der Waals surface area contributed by atoms with E-state index in [0.717, 1.165) is 6.07 Å². The average Bonchev–Trinajstić information content (AvgIpc) is 2.84. The zero-order valence-electron chi connectivity index (χ0n) is 17.8. The summed E-state index contributed by atoms with van der Waals surface area (Å²) in [6.45, 7) is 4.05.